The molecule has 2 aromatic rings. The van der Waals surface area contributed by atoms with Gasteiger partial charge in [0.05, 0.1) is 12.1 Å². The second kappa shape index (κ2) is 5.10. The minimum Gasteiger partial charge on any atom is -0.302 e. The van der Waals surface area contributed by atoms with E-state index in [4.69, 9.17) is 0 Å². The van der Waals surface area contributed by atoms with Crippen LogP contribution in [0.3, 0.4) is 0 Å². The number of aryl methyl sites for hydroxylation is 2. The lowest BCUT2D eigenvalue weighted by Gasteiger charge is -2.02. The highest BCUT2D eigenvalue weighted by atomic mass is 32.1. The van der Waals surface area contributed by atoms with Gasteiger partial charge in [-0.05, 0) is 19.4 Å². The molecule has 1 aromatic heterocycles. The van der Waals surface area contributed by atoms with Crippen LogP contribution in [0, 0.1) is 13.8 Å². The fraction of sp³-hybridized carbons (Fsp3) is 0.231. The standard InChI is InChI=1S/C13H14N2OS/c1-9-4-3-5-11(6-9)7-12(16)15-13-14-10(2)8-17-13/h3-6,8H,7H2,1-2H3,(H,14,15,16). The van der Waals surface area contributed by atoms with E-state index >= 15 is 0 Å². The van der Waals surface area contributed by atoms with Crippen LogP contribution in [0.2, 0.25) is 0 Å². The van der Waals surface area contributed by atoms with Crippen LogP contribution in [0.4, 0.5) is 5.13 Å². The molecule has 0 aliphatic carbocycles. The van der Waals surface area contributed by atoms with Gasteiger partial charge in [0.15, 0.2) is 5.13 Å². The van der Waals surface area contributed by atoms with Gasteiger partial charge in [0.25, 0.3) is 0 Å². The molecule has 0 spiro atoms. The first-order valence-electron chi connectivity index (χ1n) is 5.41. The van der Waals surface area contributed by atoms with Crippen molar-refractivity contribution in [3.05, 3.63) is 46.5 Å². The molecule has 0 saturated heterocycles. The highest BCUT2D eigenvalue weighted by Gasteiger charge is 2.06. The first-order chi connectivity index (χ1) is 8.13. The van der Waals surface area contributed by atoms with Gasteiger partial charge in [0, 0.05) is 5.38 Å². The third-order valence-electron chi connectivity index (χ3n) is 2.31. The number of aromatic nitrogens is 1. The molecular weight excluding hydrogens is 232 g/mol. The predicted octanol–water partition coefficient (Wildman–Crippen LogP) is 2.94. The molecule has 0 aliphatic rings. The summed E-state index contributed by atoms with van der Waals surface area (Å²) in [6.45, 7) is 3.93. The van der Waals surface area contributed by atoms with Gasteiger partial charge in [-0.15, -0.1) is 11.3 Å². The Kier molecular flexibility index (Phi) is 3.54. The Morgan fingerprint density at radius 3 is 2.88 bits per heavy atom. The monoisotopic (exact) mass is 246 g/mol. The van der Waals surface area contributed by atoms with E-state index in [-0.39, 0.29) is 5.91 Å². The van der Waals surface area contributed by atoms with Crippen molar-refractivity contribution in [3.8, 4) is 0 Å². The average molecular weight is 246 g/mol. The summed E-state index contributed by atoms with van der Waals surface area (Å²) in [6, 6.07) is 7.96. The van der Waals surface area contributed by atoms with E-state index in [0.717, 1.165) is 11.3 Å². The molecule has 0 unspecified atom stereocenters. The van der Waals surface area contributed by atoms with Gasteiger partial charge < -0.3 is 5.32 Å². The normalized spacial score (nSPS) is 10.2. The minimum atomic E-state index is -0.0232. The summed E-state index contributed by atoms with van der Waals surface area (Å²) in [5.74, 6) is -0.0232. The number of thiazole rings is 1. The molecule has 2 rings (SSSR count). The van der Waals surface area contributed by atoms with Gasteiger partial charge in [-0.2, -0.15) is 0 Å². The summed E-state index contributed by atoms with van der Waals surface area (Å²) in [5, 5.41) is 5.38. The number of hydrogen-bond acceptors (Lipinski definition) is 3. The van der Waals surface area contributed by atoms with Crippen molar-refractivity contribution in [2.75, 3.05) is 5.32 Å². The second-order valence-electron chi connectivity index (χ2n) is 4.01. The molecule has 0 atom stereocenters. The highest BCUT2D eigenvalue weighted by Crippen LogP contribution is 2.15. The van der Waals surface area contributed by atoms with E-state index in [9.17, 15) is 4.79 Å². The lowest BCUT2D eigenvalue weighted by Crippen LogP contribution is -2.14. The molecule has 1 heterocycles. The molecule has 0 saturated carbocycles. The molecule has 0 fully saturated rings. The van der Waals surface area contributed by atoms with Gasteiger partial charge in [0.1, 0.15) is 0 Å². The highest BCUT2D eigenvalue weighted by molar-refractivity contribution is 7.13. The lowest BCUT2D eigenvalue weighted by molar-refractivity contribution is -0.115. The Hall–Kier alpha value is -1.68. The van der Waals surface area contributed by atoms with Crippen LogP contribution in [0.25, 0.3) is 0 Å². The van der Waals surface area contributed by atoms with Crippen molar-refractivity contribution in [3.63, 3.8) is 0 Å². The fourth-order valence-corrected chi connectivity index (χ4v) is 2.29. The number of nitrogens with zero attached hydrogens (tertiary/aromatic N) is 1. The molecule has 0 radical (unpaired) electrons. The fourth-order valence-electron chi connectivity index (χ4n) is 1.58. The predicted molar refractivity (Wildman–Crippen MR) is 70.4 cm³/mol. The molecule has 17 heavy (non-hydrogen) atoms. The van der Waals surface area contributed by atoms with Gasteiger partial charge in [-0.3, -0.25) is 4.79 Å². The summed E-state index contributed by atoms with van der Waals surface area (Å²) in [7, 11) is 0. The summed E-state index contributed by atoms with van der Waals surface area (Å²) >= 11 is 1.45. The van der Waals surface area contributed by atoms with E-state index in [2.05, 4.69) is 10.3 Å². The number of amides is 1. The van der Waals surface area contributed by atoms with Crippen LogP contribution in [0.5, 0.6) is 0 Å². The Morgan fingerprint density at radius 1 is 1.41 bits per heavy atom. The molecule has 0 bridgehead atoms. The quantitative estimate of drug-likeness (QED) is 0.904. The van der Waals surface area contributed by atoms with E-state index < -0.39 is 0 Å². The first kappa shape index (κ1) is 11.8. The molecule has 88 valence electrons. The maximum Gasteiger partial charge on any atom is 0.230 e. The third kappa shape index (κ3) is 3.39. The largest absolute Gasteiger partial charge is 0.302 e. The van der Waals surface area contributed by atoms with E-state index in [1.54, 1.807) is 0 Å². The zero-order valence-corrected chi connectivity index (χ0v) is 10.7. The number of anilines is 1. The minimum absolute atomic E-state index is 0.0232. The van der Waals surface area contributed by atoms with Crippen molar-refractivity contribution < 1.29 is 4.79 Å². The SMILES string of the molecule is Cc1cccc(CC(=O)Nc2nc(C)cs2)c1. The summed E-state index contributed by atoms with van der Waals surface area (Å²) < 4.78 is 0. The first-order valence-corrected chi connectivity index (χ1v) is 6.29. The van der Waals surface area contributed by atoms with E-state index in [1.165, 1.54) is 16.9 Å². The Morgan fingerprint density at radius 2 is 2.24 bits per heavy atom. The molecular formula is C13H14N2OS. The Balaban J connectivity index is 1.98. The molecule has 1 amide bonds. The number of benzene rings is 1. The number of hydrogen-bond donors (Lipinski definition) is 1. The number of nitrogens with one attached hydrogen (secondary N) is 1. The van der Waals surface area contributed by atoms with Crippen molar-refractivity contribution in [2.45, 2.75) is 20.3 Å². The summed E-state index contributed by atoms with van der Waals surface area (Å²) in [5.41, 5.74) is 3.12. The van der Waals surface area contributed by atoms with E-state index in [0.29, 0.717) is 11.6 Å². The van der Waals surface area contributed by atoms with Crippen molar-refractivity contribution in [1.29, 1.82) is 0 Å². The average Bonchev–Trinajstić information content (AvgIpc) is 2.63. The summed E-state index contributed by atoms with van der Waals surface area (Å²) in [4.78, 5) is 16.0. The van der Waals surface area contributed by atoms with E-state index in [1.807, 2.05) is 43.5 Å². The topological polar surface area (TPSA) is 42.0 Å². The van der Waals surface area contributed by atoms with Crippen LogP contribution >= 0.6 is 11.3 Å². The zero-order valence-electron chi connectivity index (χ0n) is 9.86. The van der Waals surface area contributed by atoms with Crippen molar-refractivity contribution in [1.82, 2.24) is 4.98 Å². The Labute approximate surface area is 105 Å². The van der Waals surface area contributed by atoms with Crippen molar-refractivity contribution >= 4 is 22.4 Å². The number of carbonyl (C=O) groups excluding carboxylic acids is 1. The van der Waals surface area contributed by atoms with Crippen LogP contribution < -0.4 is 5.32 Å². The molecule has 1 N–H and O–H groups in total. The van der Waals surface area contributed by atoms with Gasteiger partial charge in [-0.1, -0.05) is 29.8 Å². The molecule has 1 aromatic carbocycles. The zero-order chi connectivity index (χ0) is 12.3. The van der Waals surface area contributed by atoms with Crippen LogP contribution in [-0.2, 0) is 11.2 Å². The van der Waals surface area contributed by atoms with Crippen LogP contribution in [-0.4, -0.2) is 10.9 Å². The van der Waals surface area contributed by atoms with Gasteiger partial charge in [0.2, 0.25) is 5.91 Å². The molecule has 0 aliphatic heterocycles. The Bertz CT molecular complexity index is 534. The number of rotatable bonds is 3. The number of carbonyl (C=O) groups is 1. The third-order valence-corrected chi connectivity index (χ3v) is 3.19. The summed E-state index contributed by atoms with van der Waals surface area (Å²) in [6.07, 6.45) is 0.389. The lowest BCUT2D eigenvalue weighted by atomic mass is 10.1. The van der Waals surface area contributed by atoms with Gasteiger partial charge in [-0.25, -0.2) is 4.98 Å². The molecule has 3 nitrogen and oxygen atoms in total. The van der Waals surface area contributed by atoms with Crippen molar-refractivity contribution in [2.24, 2.45) is 0 Å². The maximum atomic E-state index is 11.8. The smallest absolute Gasteiger partial charge is 0.230 e. The maximum absolute atomic E-state index is 11.8. The molecule has 4 heteroatoms. The van der Waals surface area contributed by atoms with Crippen LogP contribution in [0.1, 0.15) is 16.8 Å². The second-order valence-corrected chi connectivity index (χ2v) is 4.87. The van der Waals surface area contributed by atoms with Gasteiger partial charge >= 0.3 is 0 Å². The van der Waals surface area contributed by atoms with Crippen LogP contribution in [0.15, 0.2) is 29.6 Å².